The predicted molar refractivity (Wildman–Crippen MR) is 138 cm³/mol. The van der Waals surface area contributed by atoms with Crippen LogP contribution in [0.2, 0.25) is 0 Å². The molecule has 0 spiro atoms. The van der Waals surface area contributed by atoms with E-state index in [1.807, 2.05) is 18.2 Å². The van der Waals surface area contributed by atoms with Crippen molar-refractivity contribution < 1.29 is 23.9 Å². The number of nitrogens with two attached hydrogens (primary N) is 1. The molecule has 0 radical (unpaired) electrons. The number of primary amides is 1. The molecule has 0 aliphatic heterocycles. The van der Waals surface area contributed by atoms with Crippen molar-refractivity contribution in [3.8, 4) is 0 Å². The van der Waals surface area contributed by atoms with Crippen molar-refractivity contribution in [2.45, 2.75) is 6.92 Å². The highest BCUT2D eigenvalue weighted by atomic mass is 16.5. The molecule has 0 unspecified atom stereocenters. The summed E-state index contributed by atoms with van der Waals surface area (Å²) in [6, 6.07) is 22.9. The summed E-state index contributed by atoms with van der Waals surface area (Å²) in [4.78, 5) is 54.8. The van der Waals surface area contributed by atoms with Gasteiger partial charge in [-0.1, -0.05) is 42.5 Å². The fraction of sp³-hybridized carbons (Fsp3) is 0.185. The van der Waals surface area contributed by atoms with E-state index in [2.05, 4.69) is 0 Å². The van der Waals surface area contributed by atoms with E-state index in [0.717, 1.165) is 4.90 Å². The average Bonchev–Trinajstić information content (AvgIpc) is 2.90. The molecule has 0 atom stereocenters. The zero-order valence-corrected chi connectivity index (χ0v) is 20.2. The van der Waals surface area contributed by atoms with Crippen LogP contribution in [0.25, 0.3) is 0 Å². The molecule has 3 aromatic rings. The first-order chi connectivity index (χ1) is 17.3. The van der Waals surface area contributed by atoms with Gasteiger partial charge in [-0.25, -0.2) is 9.59 Å². The molecule has 3 rings (SSSR count). The van der Waals surface area contributed by atoms with Crippen LogP contribution in [0.1, 0.15) is 17.3 Å². The number of benzene rings is 3. The average molecular weight is 489 g/mol. The van der Waals surface area contributed by atoms with E-state index >= 15 is 0 Å². The van der Waals surface area contributed by atoms with Gasteiger partial charge in [0.15, 0.2) is 0 Å². The number of ether oxygens (including phenoxy) is 1. The highest BCUT2D eigenvalue weighted by Crippen LogP contribution is 2.20. The van der Waals surface area contributed by atoms with Crippen LogP contribution in [-0.4, -0.2) is 50.6 Å². The number of hydrogen-bond acceptors (Lipinski definition) is 5. The first kappa shape index (κ1) is 26.0. The molecular formula is C27H28N4O5. The Bertz CT molecular complexity index is 1220. The maximum Gasteiger partial charge on any atom is 0.338 e. The number of amides is 4. The predicted octanol–water partition coefficient (Wildman–Crippen LogP) is 3.44. The Morgan fingerprint density at radius 2 is 1.28 bits per heavy atom. The van der Waals surface area contributed by atoms with Crippen molar-refractivity contribution in [3.05, 3.63) is 90.5 Å². The summed E-state index contributed by atoms with van der Waals surface area (Å²) in [6.45, 7) is 1.17. The lowest BCUT2D eigenvalue weighted by Crippen LogP contribution is -2.48. The van der Waals surface area contributed by atoms with E-state index in [9.17, 15) is 19.2 Å². The van der Waals surface area contributed by atoms with Gasteiger partial charge >= 0.3 is 12.0 Å². The van der Waals surface area contributed by atoms with Gasteiger partial charge in [0.25, 0.3) is 0 Å². The summed E-state index contributed by atoms with van der Waals surface area (Å²) in [6.07, 6.45) is 0. The lowest BCUT2D eigenvalue weighted by molar-refractivity contribution is -0.121. The molecule has 36 heavy (non-hydrogen) atoms. The van der Waals surface area contributed by atoms with Gasteiger partial charge in [-0.05, 0) is 49.4 Å². The van der Waals surface area contributed by atoms with Gasteiger partial charge in [0, 0.05) is 24.1 Å². The van der Waals surface area contributed by atoms with E-state index in [1.165, 1.54) is 21.9 Å². The van der Waals surface area contributed by atoms with Crippen molar-refractivity contribution in [3.63, 3.8) is 0 Å². The highest BCUT2D eigenvalue weighted by molar-refractivity contribution is 6.07. The van der Waals surface area contributed by atoms with Crippen LogP contribution >= 0.6 is 0 Å². The number of para-hydroxylation sites is 2. The summed E-state index contributed by atoms with van der Waals surface area (Å²) >= 11 is 0. The molecule has 186 valence electrons. The fourth-order valence-corrected chi connectivity index (χ4v) is 3.50. The fourth-order valence-electron chi connectivity index (χ4n) is 3.50. The van der Waals surface area contributed by atoms with Crippen LogP contribution < -0.4 is 20.4 Å². The number of carbonyl (C=O) groups is 4. The zero-order chi connectivity index (χ0) is 26.1. The van der Waals surface area contributed by atoms with Crippen molar-refractivity contribution in [2.24, 2.45) is 5.73 Å². The Morgan fingerprint density at radius 1 is 0.722 bits per heavy atom. The first-order valence-corrected chi connectivity index (χ1v) is 11.3. The second-order valence-corrected chi connectivity index (χ2v) is 7.80. The lowest BCUT2D eigenvalue weighted by Gasteiger charge is -2.28. The third-order valence-corrected chi connectivity index (χ3v) is 5.41. The Labute approximate surface area is 209 Å². The Hall–Kier alpha value is -4.66. The van der Waals surface area contributed by atoms with Gasteiger partial charge in [-0.3, -0.25) is 14.5 Å². The molecule has 0 fully saturated rings. The Morgan fingerprint density at radius 3 is 1.86 bits per heavy atom. The zero-order valence-electron chi connectivity index (χ0n) is 20.2. The topological polar surface area (TPSA) is 113 Å². The molecule has 2 N–H and O–H groups in total. The molecule has 0 heterocycles. The van der Waals surface area contributed by atoms with Crippen LogP contribution in [-0.2, 0) is 14.3 Å². The van der Waals surface area contributed by atoms with Gasteiger partial charge in [-0.15, -0.1) is 0 Å². The standard InChI is InChI=1S/C27H28N4O5/c1-3-36-26(34)20-11-10-16-23(17-20)31(27(28)35)19-25(33)30(22-14-8-5-9-15-22)18-24(32)29(2)21-12-6-4-7-13-21/h4-17H,3,18-19H2,1-2H3,(H2,28,35). The van der Waals surface area contributed by atoms with Crippen molar-refractivity contribution in [1.29, 1.82) is 0 Å². The molecule has 0 aliphatic carbocycles. The maximum atomic E-state index is 13.5. The number of carbonyl (C=O) groups excluding carboxylic acids is 4. The van der Waals surface area contributed by atoms with E-state index < -0.39 is 24.5 Å². The highest BCUT2D eigenvalue weighted by Gasteiger charge is 2.26. The van der Waals surface area contributed by atoms with Crippen LogP contribution in [0, 0.1) is 0 Å². The summed E-state index contributed by atoms with van der Waals surface area (Å²) in [7, 11) is 1.63. The summed E-state index contributed by atoms with van der Waals surface area (Å²) in [5.41, 5.74) is 7.22. The van der Waals surface area contributed by atoms with Crippen LogP contribution in [0.3, 0.4) is 0 Å². The second kappa shape index (κ2) is 12.2. The van der Waals surface area contributed by atoms with Crippen molar-refractivity contribution in [1.82, 2.24) is 0 Å². The molecule has 0 saturated carbocycles. The smallest absolute Gasteiger partial charge is 0.338 e. The number of hydrogen-bond donors (Lipinski definition) is 1. The first-order valence-electron chi connectivity index (χ1n) is 11.3. The van der Waals surface area contributed by atoms with Crippen molar-refractivity contribution in [2.75, 3.05) is 41.4 Å². The third kappa shape index (κ3) is 6.47. The quantitative estimate of drug-likeness (QED) is 0.464. The minimum absolute atomic E-state index is 0.193. The van der Waals surface area contributed by atoms with Gasteiger partial charge in [0.2, 0.25) is 11.8 Å². The lowest BCUT2D eigenvalue weighted by atomic mass is 10.2. The molecule has 9 heteroatoms. The largest absolute Gasteiger partial charge is 0.462 e. The molecule has 0 aromatic heterocycles. The van der Waals surface area contributed by atoms with Crippen LogP contribution in [0.4, 0.5) is 21.9 Å². The van der Waals surface area contributed by atoms with E-state index in [-0.39, 0.29) is 30.3 Å². The monoisotopic (exact) mass is 488 g/mol. The second-order valence-electron chi connectivity index (χ2n) is 7.80. The number of nitrogens with zero attached hydrogens (tertiary/aromatic N) is 3. The van der Waals surface area contributed by atoms with Crippen molar-refractivity contribution >= 4 is 40.9 Å². The number of rotatable bonds is 9. The van der Waals surface area contributed by atoms with Crippen LogP contribution in [0.15, 0.2) is 84.9 Å². The molecule has 4 amide bonds. The van der Waals surface area contributed by atoms with E-state index in [1.54, 1.807) is 68.6 Å². The SMILES string of the molecule is CCOC(=O)c1cccc(N(CC(=O)N(CC(=O)N(C)c2ccccc2)c2ccccc2)C(N)=O)c1. The van der Waals surface area contributed by atoms with Gasteiger partial charge < -0.3 is 20.3 Å². The molecular weight excluding hydrogens is 460 g/mol. The van der Waals surface area contributed by atoms with Gasteiger partial charge in [0.1, 0.15) is 13.1 Å². The van der Waals surface area contributed by atoms with E-state index in [0.29, 0.717) is 11.4 Å². The minimum Gasteiger partial charge on any atom is -0.462 e. The van der Waals surface area contributed by atoms with Gasteiger partial charge in [0.05, 0.1) is 12.2 Å². The Kier molecular flexibility index (Phi) is 8.77. The molecule has 0 saturated heterocycles. The van der Waals surface area contributed by atoms with E-state index in [4.69, 9.17) is 10.5 Å². The normalized spacial score (nSPS) is 10.3. The minimum atomic E-state index is -0.884. The third-order valence-electron chi connectivity index (χ3n) is 5.41. The molecule has 9 nitrogen and oxygen atoms in total. The molecule has 0 bridgehead atoms. The van der Waals surface area contributed by atoms with Gasteiger partial charge in [-0.2, -0.15) is 0 Å². The maximum absolute atomic E-state index is 13.5. The molecule has 3 aromatic carbocycles. The summed E-state index contributed by atoms with van der Waals surface area (Å²) in [5.74, 6) is -1.42. The Balaban J connectivity index is 1.86. The number of esters is 1. The summed E-state index contributed by atoms with van der Waals surface area (Å²) < 4.78 is 5.01. The molecule has 0 aliphatic rings. The summed E-state index contributed by atoms with van der Waals surface area (Å²) in [5, 5.41) is 0. The number of anilines is 3. The van der Waals surface area contributed by atoms with Crippen LogP contribution in [0.5, 0.6) is 0 Å². The number of likely N-dealkylation sites (N-methyl/N-ethyl adjacent to an activating group) is 1. The number of urea groups is 1.